The Balaban J connectivity index is 1.79. The fourth-order valence-corrected chi connectivity index (χ4v) is 1.98. The fraction of sp³-hybridized carbons (Fsp3) is 0.200. The average molecular weight is 337 g/mol. The fourth-order valence-electron chi connectivity index (χ4n) is 1.98. The lowest BCUT2D eigenvalue weighted by Gasteiger charge is -2.04. The van der Waals surface area contributed by atoms with Gasteiger partial charge in [-0.25, -0.2) is 9.59 Å². The molecule has 5 heteroatoms. The largest absolute Gasteiger partial charge is 0.462 e. The van der Waals surface area contributed by atoms with E-state index in [1.807, 2.05) is 30.3 Å². The van der Waals surface area contributed by atoms with Crippen LogP contribution in [-0.4, -0.2) is 25.2 Å². The highest BCUT2D eigenvalue weighted by Crippen LogP contribution is 2.06. The van der Waals surface area contributed by atoms with E-state index >= 15 is 0 Å². The molecule has 0 radical (unpaired) electrons. The van der Waals surface area contributed by atoms with E-state index in [4.69, 9.17) is 9.47 Å². The summed E-state index contributed by atoms with van der Waals surface area (Å²) in [6.07, 6.45) is -0.529. The first-order valence-electron chi connectivity index (χ1n) is 7.89. The highest BCUT2D eigenvalue weighted by Gasteiger charge is 2.05. The molecule has 1 N–H and O–H groups in total. The number of rotatable bonds is 5. The van der Waals surface area contributed by atoms with Gasteiger partial charge in [-0.05, 0) is 30.7 Å². The molecule has 0 bridgehead atoms. The maximum Gasteiger partial charge on any atom is 0.408 e. The van der Waals surface area contributed by atoms with E-state index in [1.165, 1.54) is 0 Å². The van der Waals surface area contributed by atoms with Crippen molar-refractivity contribution in [1.82, 2.24) is 5.32 Å². The Hall–Kier alpha value is -3.26. The van der Waals surface area contributed by atoms with Gasteiger partial charge in [-0.1, -0.05) is 48.2 Å². The molecule has 1 amide bonds. The number of benzene rings is 2. The molecule has 128 valence electrons. The van der Waals surface area contributed by atoms with E-state index in [9.17, 15) is 9.59 Å². The summed E-state index contributed by atoms with van der Waals surface area (Å²) in [4.78, 5) is 23.2. The molecule has 0 unspecified atom stereocenters. The van der Waals surface area contributed by atoms with Crippen LogP contribution in [0.2, 0.25) is 0 Å². The Morgan fingerprint density at radius 3 is 2.60 bits per heavy atom. The molecular weight excluding hydrogens is 318 g/mol. The van der Waals surface area contributed by atoms with Gasteiger partial charge < -0.3 is 14.8 Å². The zero-order valence-electron chi connectivity index (χ0n) is 14.0. The van der Waals surface area contributed by atoms with Crippen LogP contribution in [0.15, 0.2) is 54.6 Å². The first-order valence-corrected chi connectivity index (χ1v) is 7.89. The third-order valence-electron chi connectivity index (χ3n) is 3.14. The quantitative estimate of drug-likeness (QED) is 0.672. The second-order valence-electron chi connectivity index (χ2n) is 5.02. The van der Waals surface area contributed by atoms with E-state index in [1.54, 1.807) is 31.2 Å². The van der Waals surface area contributed by atoms with E-state index < -0.39 is 6.09 Å². The van der Waals surface area contributed by atoms with Crippen molar-refractivity contribution in [2.45, 2.75) is 13.5 Å². The maximum atomic E-state index is 11.7. The number of amides is 1. The minimum atomic E-state index is -0.529. The molecule has 0 heterocycles. The Morgan fingerprint density at radius 1 is 1.04 bits per heavy atom. The first-order chi connectivity index (χ1) is 12.2. The van der Waals surface area contributed by atoms with Crippen LogP contribution in [-0.2, 0) is 16.1 Å². The van der Waals surface area contributed by atoms with Gasteiger partial charge in [0.1, 0.15) is 6.61 Å². The van der Waals surface area contributed by atoms with Gasteiger partial charge in [-0.15, -0.1) is 0 Å². The smallest absolute Gasteiger partial charge is 0.408 e. The Labute approximate surface area is 147 Å². The lowest BCUT2D eigenvalue weighted by atomic mass is 10.1. The van der Waals surface area contributed by atoms with Crippen molar-refractivity contribution < 1.29 is 19.1 Å². The van der Waals surface area contributed by atoms with Gasteiger partial charge in [-0.3, -0.25) is 0 Å². The highest BCUT2D eigenvalue weighted by molar-refractivity contribution is 5.89. The monoisotopic (exact) mass is 337 g/mol. The standard InChI is InChI=1S/C20H19NO4/c1-2-24-19(22)18-12-6-10-16(14-18)11-7-13-21-20(23)25-15-17-8-4-3-5-9-17/h3-6,8-10,12,14H,2,13,15H2,1H3,(H,21,23). The molecule has 5 nitrogen and oxygen atoms in total. The minimum absolute atomic E-state index is 0.150. The predicted molar refractivity (Wildman–Crippen MR) is 93.9 cm³/mol. The van der Waals surface area contributed by atoms with Gasteiger partial charge in [0.2, 0.25) is 0 Å². The van der Waals surface area contributed by atoms with Crippen LogP contribution >= 0.6 is 0 Å². The van der Waals surface area contributed by atoms with E-state index in [-0.39, 0.29) is 19.1 Å². The minimum Gasteiger partial charge on any atom is -0.462 e. The number of esters is 1. The summed E-state index contributed by atoms with van der Waals surface area (Å²) in [5.41, 5.74) is 2.04. The summed E-state index contributed by atoms with van der Waals surface area (Å²) >= 11 is 0. The lowest BCUT2D eigenvalue weighted by Crippen LogP contribution is -2.24. The molecule has 0 spiro atoms. The summed E-state index contributed by atoms with van der Waals surface area (Å²) in [5.74, 6) is 5.32. The number of hydrogen-bond donors (Lipinski definition) is 1. The van der Waals surface area contributed by atoms with Gasteiger partial charge in [-0.2, -0.15) is 0 Å². The SMILES string of the molecule is CCOC(=O)c1cccc(C#CCNC(=O)OCc2ccccc2)c1. The second-order valence-corrected chi connectivity index (χ2v) is 5.02. The van der Waals surface area contributed by atoms with Gasteiger partial charge >= 0.3 is 12.1 Å². The molecule has 0 aliphatic carbocycles. The summed E-state index contributed by atoms with van der Waals surface area (Å²) in [6, 6.07) is 16.3. The number of hydrogen-bond acceptors (Lipinski definition) is 4. The van der Waals surface area contributed by atoms with Crippen molar-refractivity contribution in [1.29, 1.82) is 0 Å². The molecular formula is C20H19NO4. The van der Waals surface area contributed by atoms with E-state index in [0.29, 0.717) is 17.7 Å². The Bertz CT molecular complexity index is 775. The van der Waals surface area contributed by atoms with Crippen LogP contribution in [0, 0.1) is 11.8 Å². The van der Waals surface area contributed by atoms with Crippen molar-refractivity contribution in [3.8, 4) is 11.8 Å². The molecule has 0 aliphatic heterocycles. The predicted octanol–water partition coefficient (Wildman–Crippen LogP) is 3.14. The molecule has 2 aromatic rings. The normalized spacial score (nSPS) is 9.48. The first kappa shape index (κ1) is 18.1. The average Bonchev–Trinajstić information content (AvgIpc) is 2.65. The van der Waals surface area contributed by atoms with Crippen LogP contribution in [0.1, 0.15) is 28.4 Å². The molecule has 0 saturated carbocycles. The van der Waals surface area contributed by atoms with Crippen LogP contribution in [0.3, 0.4) is 0 Å². The zero-order valence-corrected chi connectivity index (χ0v) is 14.0. The van der Waals surface area contributed by atoms with Gasteiger partial charge in [0, 0.05) is 5.56 Å². The molecule has 0 fully saturated rings. The third-order valence-corrected chi connectivity index (χ3v) is 3.14. The van der Waals surface area contributed by atoms with Crippen molar-refractivity contribution in [2.75, 3.05) is 13.2 Å². The molecule has 0 aliphatic rings. The number of nitrogens with one attached hydrogen (secondary N) is 1. The van der Waals surface area contributed by atoms with Gasteiger partial charge in [0.15, 0.2) is 0 Å². The molecule has 25 heavy (non-hydrogen) atoms. The van der Waals surface area contributed by atoms with Crippen LogP contribution < -0.4 is 5.32 Å². The molecule has 2 rings (SSSR count). The number of ether oxygens (including phenoxy) is 2. The van der Waals surface area contributed by atoms with Crippen LogP contribution in [0.25, 0.3) is 0 Å². The Kier molecular flexibility index (Phi) is 7.08. The number of alkyl carbamates (subject to hydrolysis) is 1. The van der Waals surface area contributed by atoms with Crippen LogP contribution in [0.5, 0.6) is 0 Å². The molecule has 0 saturated heterocycles. The highest BCUT2D eigenvalue weighted by atomic mass is 16.5. The number of carbonyl (C=O) groups excluding carboxylic acids is 2. The van der Waals surface area contributed by atoms with Crippen LogP contribution in [0.4, 0.5) is 4.79 Å². The second kappa shape index (κ2) is 9.78. The molecule has 2 aromatic carbocycles. The summed E-state index contributed by atoms with van der Waals surface area (Å²) in [5, 5.41) is 2.55. The summed E-state index contributed by atoms with van der Waals surface area (Å²) < 4.78 is 10.0. The zero-order chi connectivity index (χ0) is 17.9. The van der Waals surface area contributed by atoms with Crippen molar-refractivity contribution in [2.24, 2.45) is 0 Å². The van der Waals surface area contributed by atoms with E-state index in [2.05, 4.69) is 17.2 Å². The van der Waals surface area contributed by atoms with Gasteiger partial charge in [0.25, 0.3) is 0 Å². The third kappa shape index (κ3) is 6.40. The van der Waals surface area contributed by atoms with E-state index in [0.717, 1.165) is 5.56 Å². The van der Waals surface area contributed by atoms with Crippen molar-refractivity contribution >= 4 is 12.1 Å². The summed E-state index contributed by atoms with van der Waals surface area (Å²) in [6.45, 7) is 2.44. The molecule has 0 aromatic heterocycles. The Morgan fingerprint density at radius 2 is 1.84 bits per heavy atom. The topological polar surface area (TPSA) is 64.6 Å². The maximum absolute atomic E-state index is 11.7. The van der Waals surface area contributed by atoms with Gasteiger partial charge in [0.05, 0.1) is 18.7 Å². The summed E-state index contributed by atoms with van der Waals surface area (Å²) in [7, 11) is 0. The van der Waals surface area contributed by atoms with Crippen molar-refractivity contribution in [3.63, 3.8) is 0 Å². The molecule has 0 atom stereocenters. The van der Waals surface area contributed by atoms with Crippen molar-refractivity contribution in [3.05, 3.63) is 71.3 Å². The number of carbonyl (C=O) groups is 2. The lowest BCUT2D eigenvalue weighted by molar-refractivity contribution is 0.0526.